The summed E-state index contributed by atoms with van der Waals surface area (Å²) in [4.78, 5) is 16.7. The Morgan fingerprint density at radius 3 is 2.67 bits per heavy atom. The molecule has 0 spiro atoms. The first-order valence-corrected chi connectivity index (χ1v) is 6.78. The number of fused-ring (bicyclic) bond motifs is 1. The second-order valence-electron chi connectivity index (χ2n) is 5.11. The third-order valence-corrected chi connectivity index (χ3v) is 3.79. The van der Waals surface area contributed by atoms with Crippen molar-refractivity contribution >= 4 is 22.5 Å². The number of hydrogen-bond donors (Lipinski definition) is 1. The van der Waals surface area contributed by atoms with Crippen LogP contribution in [-0.4, -0.2) is 10.9 Å². The molecule has 4 heteroatoms. The molecule has 0 saturated carbocycles. The summed E-state index contributed by atoms with van der Waals surface area (Å²) in [6, 6.07) is 7.51. The standard InChI is InChI=1S/C17H16N2O2/c1-10-4-5-14-15(6-8-18-16(14)11(10)2)19-17(20)13-7-9-21-12(13)3/h4-9H,1-3H3,(H,18,19,20). The highest BCUT2D eigenvalue weighted by Crippen LogP contribution is 2.26. The zero-order chi connectivity index (χ0) is 15.0. The maximum absolute atomic E-state index is 12.3. The van der Waals surface area contributed by atoms with Gasteiger partial charge in [0.1, 0.15) is 5.76 Å². The van der Waals surface area contributed by atoms with Gasteiger partial charge in [-0.2, -0.15) is 0 Å². The number of benzene rings is 1. The van der Waals surface area contributed by atoms with Crippen molar-refractivity contribution in [1.82, 2.24) is 4.98 Å². The van der Waals surface area contributed by atoms with Gasteiger partial charge < -0.3 is 9.73 Å². The van der Waals surface area contributed by atoms with Crippen LogP contribution in [0.1, 0.15) is 27.2 Å². The first-order chi connectivity index (χ1) is 10.1. The number of hydrogen-bond acceptors (Lipinski definition) is 3. The van der Waals surface area contributed by atoms with Gasteiger partial charge in [0.25, 0.3) is 5.91 Å². The quantitative estimate of drug-likeness (QED) is 0.771. The van der Waals surface area contributed by atoms with Crippen LogP contribution in [0.3, 0.4) is 0 Å². The molecule has 0 radical (unpaired) electrons. The minimum Gasteiger partial charge on any atom is -0.469 e. The maximum Gasteiger partial charge on any atom is 0.259 e. The Kier molecular flexibility index (Phi) is 3.22. The van der Waals surface area contributed by atoms with Crippen LogP contribution in [0.15, 0.2) is 41.1 Å². The highest BCUT2D eigenvalue weighted by molar-refractivity contribution is 6.09. The van der Waals surface area contributed by atoms with Gasteiger partial charge >= 0.3 is 0 Å². The molecule has 106 valence electrons. The molecule has 3 aromatic rings. The van der Waals surface area contributed by atoms with Crippen LogP contribution >= 0.6 is 0 Å². The Bertz CT molecular complexity index is 834. The van der Waals surface area contributed by atoms with E-state index in [0.29, 0.717) is 11.3 Å². The van der Waals surface area contributed by atoms with Gasteiger partial charge in [-0.3, -0.25) is 9.78 Å². The number of pyridine rings is 1. The van der Waals surface area contributed by atoms with Crippen molar-refractivity contribution in [3.8, 4) is 0 Å². The van der Waals surface area contributed by atoms with Gasteiger partial charge in [-0.05, 0) is 44.0 Å². The number of carbonyl (C=O) groups excluding carboxylic acids is 1. The third kappa shape index (κ3) is 2.29. The lowest BCUT2D eigenvalue weighted by Crippen LogP contribution is -2.12. The van der Waals surface area contributed by atoms with E-state index in [2.05, 4.69) is 17.2 Å². The van der Waals surface area contributed by atoms with Crippen LogP contribution in [0.25, 0.3) is 10.9 Å². The molecule has 0 unspecified atom stereocenters. The summed E-state index contributed by atoms with van der Waals surface area (Å²) in [6.45, 7) is 5.86. The predicted molar refractivity (Wildman–Crippen MR) is 82.6 cm³/mol. The molecule has 2 aromatic heterocycles. The van der Waals surface area contributed by atoms with Crippen LogP contribution < -0.4 is 5.32 Å². The summed E-state index contributed by atoms with van der Waals surface area (Å²) in [5.74, 6) is 0.435. The van der Waals surface area contributed by atoms with Crippen molar-refractivity contribution in [2.24, 2.45) is 0 Å². The zero-order valence-electron chi connectivity index (χ0n) is 12.2. The maximum atomic E-state index is 12.3. The number of furan rings is 1. The van der Waals surface area contributed by atoms with E-state index < -0.39 is 0 Å². The van der Waals surface area contributed by atoms with E-state index in [1.807, 2.05) is 25.1 Å². The molecule has 21 heavy (non-hydrogen) atoms. The first kappa shape index (κ1) is 13.4. The highest BCUT2D eigenvalue weighted by Gasteiger charge is 2.13. The summed E-state index contributed by atoms with van der Waals surface area (Å²) >= 11 is 0. The molecule has 0 aliphatic rings. The molecule has 0 atom stereocenters. The monoisotopic (exact) mass is 280 g/mol. The van der Waals surface area contributed by atoms with Gasteiger partial charge in [0.05, 0.1) is 23.0 Å². The molecule has 3 rings (SSSR count). The number of amides is 1. The minimum absolute atomic E-state index is 0.174. The Labute approximate surface area is 122 Å². The lowest BCUT2D eigenvalue weighted by Gasteiger charge is -2.10. The van der Waals surface area contributed by atoms with Gasteiger partial charge in [-0.15, -0.1) is 0 Å². The van der Waals surface area contributed by atoms with E-state index >= 15 is 0 Å². The normalized spacial score (nSPS) is 10.8. The van der Waals surface area contributed by atoms with Crippen molar-refractivity contribution in [1.29, 1.82) is 0 Å². The van der Waals surface area contributed by atoms with Crippen molar-refractivity contribution in [3.63, 3.8) is 0 Å². The zero-order valence-corrected chi connectivity index (χ0v) is 12.2. The number of nitrogens with zero attached hydrogens (tertiary/aromatic N) is 1. The summed E-state index contributed by atoms with van der Waals surface area (Å²) in [7, 11) is 0. The van der Waals surface area contributed by atoms with Crippen molar-refractivity contribution in [3.05, 3.63) is 59.2 Å². The lowest BCUT2D eigenvalue weighted by atomic mass is 10.0. The molecule has 0 aliphatic heterocycles. The van der Waals surface area contributed by atoms with Crippen molar-refractivity contribution < 1.29 is 9.21 Å². The fraction of sp³-hybridized carbons (Fsp3) is 0.176. The predicted octanol–water partition coefficient (Wildman–Crippen LogP) is 4.01. The summed E-state index contributed by atoms with van der Waals surface area (Å²) in [5, 5.41) is 3.88. The Hall–Kier alpha value is -2.62. The summed E-state index contributed by atoms with van der Waals surface area (Å²) < 4.78 is 5.17. The van der Waals surface area contributed by atoms with Crippen LogP contribution in [0.4, 0.5) is 5.69 Å². The number of nitrogens with one attached hydrogen (secondary N) is 1. The number of aryl methyl sites for hydroxylation is 3. The van der Waals surface area contributed by atoms with Crippen molar-refractivity contribution in [2.75, 3.05) is 5.32 Å². The molecule has 1 amide bonds. The fourth-order valence-corrected chi connectivity index (χ4v) is 2.38. The average Bonchev–Trinajstić information content (AvgIpc) is 2.90. The second-order valence-corrected chi connectivity index (χ2v) is 5.11. The van der Waals surface area contributed by atoms with E-state index in [1.165, 1.54) is 11.8 Å². The number of carbonyl (C=O) groups is 1. The largest absolute Gasteiger partial charge is 0.469 e. The van der Waals surface area contributed by atoms with Crippen LogP contribution in [0.5, 0.6) is 0 Å². The SMILES string of the molecule is Cc1ccc2c(NC(=O)c3ccoc3C)ccnc2c1C. The fourth-order valence-electron chi connectivity index (χ4n) is 2.38. The minimum atomic E-state index is -0.174. The molecule has 0 saturated heterocycles. The van der Waals surface area contributed by atoms with E-state index in [4.69, 9.17) is 4.42 Å². The Balaban J connectivity index is 2.04. The molecular weight excluding hydrogens is 264 g/mol. The Morgan fingerprint density at radius 2 is 1.95 bits per heavy atom. The van der Waals surface area contributed by atoms with Crippen LogP contribution in [0, 0.1) is 20.8 Å². The topological polar surface area (TPSA) is 55.1 Å². The molecule has 4 nitrogen and oxygen atoms in total. The van der Waals surface area contributed by atoms with E-state index in [-0.39, 0.29) is 5.91 Å². The van der Waals surface area contributed by atoms with E-state index in [1.54, 1.807) is 19.2 Å². The van der Waals surface area contributed by atoms with Gasteiger partial charge in [-0.25, -0.2) is 0 Å². The molecule has 0 bridgehead atoms. The van der Waals surface area contributed by atoms with Gasteiger partial charge in [0, 0.05) is 11.6 Å². The molecule has 1 aromatic carbocycles. The molecule has 0 aliphatic carbocycles. The number of aromatic nitrogens is 1. The van der Waals surface area contributed by atoms with Gasteiger partial charge in [0.15, 0.2) is 0 Å². The first-order valence-electron chi connectivity index (χ1n) is 6.78. The Morgan fingerprint density at radius 1 is 1.14 bits per heavy atom. The van der Waals surface area contributed by atoms with Crippen LogP contribution in [0.2, 0.25) is 0 Å². The van der Waals surface area contributed by atoms with Gasteiger partial charge in [-0.1, -0.05) is 12.1 Å². The van der Waals surface area contributed by atoms with E-state index in [9.17, 15) is 4.79 Å². The smallest absolute Gasteiger partial charge is 0.259 e. The number of anilines is 1. The van der Waals surface area contributed by atoms with E-state index in [0.717, 1.165) is 22.2 Å². The van der Waals surface area contributed by atoms with Gasteiger partial charge in [0.2, 0.25) is 0 Å². The average molecular weight is 280 g/mol. The van der Waals surface area contributed by atoms with Crippen molar-refractivity contribution in [2.45, 2.75) is 20.8 Å². The lowest BCUT2D eigenvalue weighted by molar-refractivity contribution is 0.102. The highest BCUT2D eigenvalue weighted by atomic mass is 16.3. The molecule has 1 N–H and O–H groups in total. The summed E-state index contributed by atoms with van der Waals surface area (Å²) in [5.41, 5.74) is 4.53. The van der Waals surface area contributed by atoms with Crippen LogP contribution in [-0.2, 0) is 0 Å². The molecule has 2 heterocycles. The molecule has 0 fully saturated rings. The summed E-state index contributed by atoms with van der Waals surface area (Å²) in [6.07, 6.45) is 3.23. The number of rotatable bonds is 2. The third-order valence-electron chi connectivity index (χ3n) is 3.79. The second kappa shape index (κ2) is 5.05. The molecular formula is C17H16N2O2.